The highest BCUT2D eigenvalue weighted by atomic mass is 35.5. The van der Waals surface area contributed by atoms with Gasteiger partial charge in [0.1, 0.15) is 0 Å². The summed E-state index contributed by atoms with van der Waals surface area (Å²) in [7, 11) is 0. The van der Waals surface area contributed by atoms with Crippen molar-refractivity contribution in [3.05, 3.63) is 40.9 Å². The third-order valence-corrected chi connectivity index (χ3v) is 3.62. The number of halogens is 1. The molecule has 0 radical (unpaired) electrons. The molecule has 0 saturated carbocycles. The van der Waals surface area contributed by atoms with Crippen molar-refractivity contribution in [2.45, 2.75) is 12.8 Å². The monoisotopic (exact) mass is 293 g/mol. The lowest BCUT2D eigenvalue weighted by molar-refractivity contribution is -0.144. The molecule has 5 heteroatoms. The van der Waals surface area contributed by atoms with E-state index in [1.165, 1.54) is 6.08 Å². The van der Waals surface area contributed by atoms with E-state index in [0.717, 1.165) is 12.0 Å². The number of likely N-dealkylation sites (tertiary alicyclic amines) is 1. The molecule has 1 heterocycles. The lowest BCUT2D eigenvalue weighted by atomic mass is 9.98. The molecule has 0 bridgehead atoms. The molecule has 20 heavy (non-hydrogen) atoms. The van der Waals surface area contributed by atoms with Gasteiger partial charge in [0.2, 0.25) is 5.91 Å². The van der Waals surface area contributed by atoms with Gasteiger partial charge in [-0.1, -0.05) is 23.7 Å². The Kier molecular flexibility index (Phi) is 4.79. The summed E-state index contributed by atoms with van der Waals surface area (Å²) in [6.45, 7) is 0.909. The van der Waals surface area contributed by atoms with Crippen molar-refractivity contribution in [3.63, 3.8) is 0 Å². The van der Waals surface area contributed by atoms with Crippen LogP contribution in [-0.4, -0.2) is 35.0 Å². The zero-order valence-corrected chi connectivity index (χ0v) is 11.7. The number of carbonyl (C=O) groups is 2. The standard InChI is InChI=1S/C15H16ClNO3/c16-13-6-3-11(4-7-13)5-8-14(18)17-9-1-2-12(10-17)15(19)20/h3-8,12H,1-2,9-10H2,(H,19,20)/b8-5+/t12-/m1/s1. The second-order valence-corrected chi connectivity index (χ2v) is 5.28. The molecule has 106 valence electrons. The highest BCUT2D eigenvalue weighted by Crippen LogP contribution is 2.17. The van der Waals surface area contributed by atoms with Crippen LogP contribution in [0.25, 0.3) is 6.08 Å². The summed E-state index contributed by atoms with van der Waals surface area (Å²) in [5, 5.41) is 9.65. The predicted octanol–water partition coefficient (Wildman–Crippen LogP) is 2.68. The summed E-state index contributed by atoms with van der Waals surface area (Å²) in [4.78, 5) is 24.6. The number of benzene rings is 1. The maximum Gasteiger partial charge on any atom is 0.308 e. The Bertz CT molecular complexity index is 524. The average Bonchev–Trinajstić information content (AvgIpc) is 2.46. The van der Waals surface area contributed by atoms with E-state index in [1.54, 1.807) is 23.1 Å². The van der Waals surface area contributed by atoms with Crippen LogP contribution < -0.4 is 0 Å². The maximum atomic E-state index is 12.0. The van der Waals surface area contributed by atoms with Gasteiger partial charge in [-0.2, -0.15) is 0 Å². The van der Waals surface area contributed by atoms with Gasteiger partial charge in [-0.05, 0) is 36.6 Å². The Hall–Kier alpha value is -1.81. The van der Waals surface area contributed by atoms with Gasteiger partial charge in [0.15, 0.2) is 0 Å². The largest absolute Gasteiger partial charge is 0.481 e. The molecule has 1 amide bonds. The molecule has 0 unspecified atom stereocenters. The van der Waals surface area contributed by atoms with Gasteiger partial charge in [-0.3, -0.25) is 9.59 Å². The van der Waals surface area contributed by atoms with Gasteiger partial charge in [0.25, 0.3) is 0 Å². The molecular formula is C15H16ClNO3. The molecule has 1 aliphatic heterocycles. The molecule has 1 aliphatic rings. The molecule has 1 atom stereocenters. The lowest BCUT2D eigenvalue weighted by Gasteiger charge is -2.29. The molecule has 1 saturated heterocycles. The molecule has 1 aromatic rings. The normalized spacial score (nSPS) is 19.2. The molecule has 4 nitrogen and oxygen atoms in total. The Morgan fingerprint density at radius 1 is 1.30 bits per heavy atom. The van der Waals surface area contributed by atoms with Crippen LogP contribution >= 0.6 is 11.6 Å². The second-order valence-electron chi connectivity index (χ2n) is 4.85. The number of carboxylic acid groups (broad SMARTS) is 1. The maximum absolute atomic E-state index is 12.0. The van der Waals surface area contributed by atoms with Crippen molar-refractivity contribution < 1.29 is 14.7 Å². The first-order valence-electron chi connectivity index (χ1n) is 6.51. The van der Waals surface area contributed by atoms with Crippen LogP contribution in [0.5, 0.6) is 0 Å². The first-order valence-corrected chi connectivity index (χ1v) is 6.89. The van der Waals surface area contributed by atoms with Crippen LogP contribution in [-0.2, 0) is 9.59 Å². The van der Waals surface area contributed by atoms with Crippen LogP contribution in [0.3, 0.4) is 0 Å². The number of hydrogen-bond donors (Lipinski definition) is 1. The number of rotatable bonds is 3. The van der Waals surface area contributed by atoms with Crippen LogP contribution in [0.15, 0.2) is 30.3 Å². The number of piperidine rings is 1. The van der Waals surface area contributed by atoms with Gasteiger partial charge in [-0.15, -0.1) is 0 Å². The average molecular weight is 294 g/mol. The highest BCUT2D eigenvalue weighted by molar-refractivity contribution is 6.30. The van der Waals surface area contributed by atoms with E-state index in [2.05, 4.69) is 0 Å². The fraction of sp³-hybridized carbons (Fsp3) is 0.333. The SMILES string of the molecule is O=C(O)[C@@H]1CCCN(C(=O)/C=C/c2ccc(Cl)cc2)C1. The minimum atomic E-state index is -0.829. The Labute approximate surface area is 122 Å². The summed E-state index contributed by atoms with van der Waals surface area (Å²) < 4.78 is 0. The van der Waals surface area contributed by atoms with E-state index in [4.69, 9.17) is 16.7 Å². The zero-order valence-electron chi connectivity index (χ0n) is 11.0. The quantitative estimate of drug-likeness (QED) is 0.872. The molecule has 1 fully saturated rings. The van der Waals surface area contributed by atoms with Crippen LogP contribution in [0.2, 0.25) is 5.02 Å². The number of carboxylic acids is 1. The van der Waals surface area contributed by atoms with E-state index in [9.17, 15) is 9.59 Å². The summed E-state index contributed by atoms with van der Waals surface area (Å²) in [6, 6.07) is 7.16. The number of carbonyl (C=O) groups excluding carboxylic acids is 1. The van der Waals surface area contributed by atoms with Crippen molar-refractivity contribution in [1.29, 1.82) is 0 Å². The number of amides is 1. The minimum absolute atomic E-state index is 0.147. The smallest absolute Gasteiger partial charge is 0.308 e. The van der Waals surface area contributed by atoms with E-state index in [-0.39, 0.29) is 5.91 Å². The summed E-state index contributed by atoms with van der Waals surface area (Å²) in [6.07, 6.45) is 4.56. The minimum Gasteiger partial charge on any atom is -0.481 e. The van der Waals surface area contributed by atoms with E-state index in [0.29, 0.717) is 24.5 Å². The molecule has 1 N–H and O–H groups in total. The van der Waals surface area contributed by atoms with Gasteiger partial charge in [-0.25, -0.2) is 0 Å². The third kappa shape index (κ3) is 3.84. The number of nitrogens with zero attached hydrogens (tertiary/aromatic N) is 1. The van der Waals surface area contributed by atoms with Crippen molar-refractivity contribution in [2.24, 2.45) is 5.92 Å². The van der Waals surface area contributed by atoms with Gasteiger partial charge in [0.05, 0.1) is 5.92 Å². The first-order chi connectivity index (χ1) is 9.56. The molecule has 0 spiro atoms. The first kappa shape index (κ1) is 14.6. The second kappa shape index (κ2) is 6.57. The van der Waals surface area contributed by atoms with Gasteiger partial charge in [0, 0.05) is 24.2 Å². The fourth-order valence-electron chi connectivity index (χ4n) is 2.23. The zero-order chi connectivity index (χ0) is 14.5. The third-order valence-electron chi connectivity index (χ3n) is 3.37. The Morgan fingerprint density at radius 2 is 2.00 bits per heavy atom. The summed E-state index contributed by atoms with van der Waals surface area (Å²) >= 11 is 5.79. The molecule has 0 aromatic heterocycles. The van der Waals surface area contributed by atoms with E-state index < -0.39 is 11.9 Å². The van der Waals surface area contributed by atoms with E-state index >= 15 is 0 Å². The number of hydrogen-bond acceptors (Lipinski definition) is 2. The van der Waals surface area contributed by atoms with E-state index in [1.807, 2.05) is 12.1 Å². The van der Waals surface area contributed by atoms with Crippen molar-refractivity contribution in [1.82, 2.24) is 4.90 Å². The topological polar surface area (TPSA) is 57.6 Å². The van der Waals surface area contributed by atoms with Crippen LogP contribution in [0, 0.1) is 5.92 Å². The fourth-order valence-corrected chi connectivity index (χ4v) is 2.35. The van der Waals surface area contributed by atoms with Crippen molar-refractivity contribution >= 4 is 29.6 Å². The Morgan fingerprint density at radius 3 is 2.65 bits per heavy atom. The molecular weight excluding hydrogens is 278 g/mol. The van der Waals surface area contributed by atoms with Crippen molar-refractivity contribution in [3.8, 4) is 0 Å². The molecule has 1 aromatic carbocycles. The molecule has 2 rings (SSSR count). The van der Waals surface area contributed by atoms with Crippen LogP contribution in [0.4, 0.5) is 0 Å². The predicted molar refractivity (Wildman–Crippen MR) is 77.4 cm³/mol. The Balaban J connectivity index is 1.97. The summed E-state index contributed by atoms with van der Waals surface area (Å²) in [5.41, 5.74) is 0.884. The van der Waals surface area contributed by atoms with Gasteiger partial charge >= 0.3 is 5.97 Å². The van der Waals surface area contributed by atoms with Crippen LogP contribution in [0.1, 0.15) is 18.4 Å². The summed E-state index contributed by atoms with van der Waals surface area (Å²) in [5.74, 6) is -1.42. The highest BCUT2D eigenvalue weighted by Gasteiger charge is 2.26. The number of aliphatic carboxylic acids is 1. The van der Waals surface area contributed by atoms with Gasteiger partial charge < -0.3 is 10.0 Å². The lowest BCUT2D eigenvalue weighted by Crippen LogP contribution is -2.41. The molecule has 0 aliphatic carbocycles. The van der Waals surface area contributed by atoms with Crippen molar-refractivity contribution in [2.75, 3.05) is 13.1 Å².